The van der Waals surface area contributed by atoms with Crippen LogP contribution in [0.5, 0.6) is 0 Å². The van der Waals surface area contributed by atoms with Crippen molar-refractivity contribution in [2.24, 2.45) is 0 Å². The molecule has 4 heteroatoms. The molecule has 1 rings (SSSR count). The average molecular weight is 297 g/mol. The highest BCUT2D eigenvalue weighted by molar-refractivity contribution is 7.91. The molecule has 0 aliphatic heterocycles. The lowest BCUT2D eigenvalue weighted by Crippen LogP contribution is -2.31. The third-order valence-electron chi connectivity index (χ3n) is 3.38. The number of benzene rings is 1. The molecular weight excluding hydrogens is 270 g/mol. The highest BCUT2D eigenvalue weighted by atomic mass is 32.2. The Bertz CT molecular complexity index is 491. The van der Waals surface area contributed by atoms with E-state index in [1.165, 1.54) is 0 Å². The van der Waals surface area contributed by atoms with E-state index in [4.69, 9.17) is 0 Å². The Hall–Kier alpha value is -0.870. The Morgan fingerprint density at radius 1 is 1.10 bits per heavy atom. The molecule has 1 N–H and O–H groups in total. The molecule has 114 valence electrons. The maximum absolute atomic E-state index is 12.3. The zero-order valence-electron chi connectivity index (χ0n) is 12.9. The van der Waals surface area contributed by atoms with Crippen molar-refractivity contribution in [2.45, 2.75) is 57.4 Å². The maximum atomic E-state index is 12.3. The van der Waals surface area contributed by atoms with Crippen LogP contribution in [0.3, 0.4) is 0 Å². The first-order valence-electron chi connectivity index (χ1n) is 7.59. The van der Waals surface area contributed by atoms with Gasteiger partial charge < -0.3 is 5.32 Å². The van der Waals surface area contributed by atoms with Crippen molar-refractivity contribution in [3.63, 3.8) is 0 Å². The Morgan fingerprint density at radius 2 is 1.80 bits per heavy atom. The van der Waals surface area contributed by atoms with Crippen molar-refractivity contribution in [3.8, 4) is 0 Å². The van der Waals surface area contributed by atoms with Gasteiger partial charge in [0.15, 0.2) is 9.84 Å². The Balaban J connectivity index is 3.00. The zero-order chi connectivity index (χ0) is 15.0. The van der Waals surface area contributed by atoms with Crippen molar-refractivity contribution < 1.29 is 8.42 Å². The lowest BCUT2D eigenvalue weighted by molar-refractivity contribution is 0.482. The number of hydrogen-bond acceptors (Lipinski definition) is 3. The summed E-state index contributed by atoms with van der Waals surface area (Å²) in [6, 6.07) is 7.78. The second-order valence-electron chi connectivity index (χ2n) is 5.17. The van der Waals surface area contributed by atoms with Gasteiger partial charge in [0.2, 0.25) is 0 Å². The minimum atomic E-state index is -3.14. The van der Waals surface area contributed by atoms with E-state index in [1.54, 1.807) is 6.07 Å². The molecule has 0 spiro atoms. The molecule has 0 heterocycles. The SMILES string of the molecule is CCCC(Cc1ccccc1S(=O)(=O)CCC)NCC. The van der Waals surface area contributed by atoms with Crippen LogP contribution < -0.4 is 5.32 Å². The fourth-order valence-electron chi connectivity index (χ4n) is 2.53. The highest BCUT2D eigenvalue weighted by Crippen LogP contribution is 2.20. The number of likely N-dealkylation sites (N-methyl/N-ethyl adjacent to an activating group) is 1. The molecule has 20 heavy (non-hydrogen) atoms. The fourth-order valence-corrected chi connectivity index (χ4v) is 4.13. The first kappa shape index (κ1) is 17.2. The van der Waals surface area contributed by atoms with E-state index in [0.717, 1.165) is 31.4 Å². The van der Waals surface area contributed by atoms with E-state index in [-0.39, 0.29) is 5.75 Å². The summed E-state index contributed by atoms with van der Waals surface area (Å²) in [5.74, 6) is 0.226. The molecule has 0 bridgehead atoms. The van der Waals surface area contributed by atoms with Gasteiger partial charge in [0, 0.05) is 6.04 Å². The normalized spacial score (nSPS) is 13.3. The Labute approximate surface area is 123 Å². The summed E-state index contributed by atoms with van der Waals surface area (Å²) >= 11 is 0. The summed E-state index contributed by atoms with van der Waals surface area (Å²) in [7, 11) is -3.14. The number of rotatable bonds is 9. The standard InChI is InChI=1S/C16H27NO2S/c1-4-9-15(17-6-3)13-14-10-7-8-11-16(14)20(18,19)12-5-2/h7-8,10-11,15,17H,4-6,9,12-13H2,1-3H3. The first-order valence-corrected chi connectivity index (χ1v) is 9.24. The van der Waals surface area contributed by atoms with Gasteiger partial charge in [-0.25, -0.2) is 8.42 Å². The molecule has 0 radical (unpaired) electrons. The lowest BCUT2D eigenvalue weighted by atomic mass is 10.0. The maximum Gasteiger partial charge on any atom is 0.178 e. The Morgan fingerprint density at radius 3 is 2.40 bits per heavy atom. The monoisotopic (exact) mass is 297 g/mol. The third kappa shape index (κ3) is 4.91. The summed E-state index contributed by atoms with van der Waals surface area (Å²) in [6.07, 6.45) is 3.60. The third-order valence-corrected chi connectivity index (χ3v) is 5.39. The van der Waals surface area contributed by atoms with Crippen LogP contribution in [0.1, 0.15) is 45.6 Å². The summed E-state index contributed by atoms with van der Waals surface area (Å²) in [4.78, 5) is 0.515. The number of nitrogens with one attached hydrogen (secondary N) is 1. The minimum Gasteiger partial charge on any atom is -0.314 e. The van der Waals surface area contributed by atoms with E-state index < -0.39 is 9.84 Å². The quantitative estimate of drug-likeness (QED) is 0.761. The molecule has 0 saturated heterocycles. The molecule has 0 aliphatic carbocycles. The van der Waals surface area contributed by atoms with Crippen molar-refractivity contribution >= 4 is 9.84 Å². The average Bonchev–Trinajstić information content (AvgIpc) is 2.39. The van der Waals surface area contributed by atoms with Crippen LogP contribution in [0, 0.1) is 0 Å². The van der Waals surface area contributed by atoms with Crippen LogP contribution in [-0.2, 0) is 16.3 Å². The number of sulfone groups is 1. The van der Waals surface area contributed by atoms with Crippen molar-refractivity contribution in [1.29, 1.82) is 0 Å². The summed E-state index contributed by atoms with van der Waals surface area (Å²) in [5, 5.41) is 3.45. The van der Waals surface area contributed by atoms with Gasteiger partial charge in [-0.15, -0.1) is 0 Å². The topological polar surface area (TPSA) is 46.2 Å². The molecule has 1 unspecified atom stereocenters. The van der Waals surface area contributed by atoms with Gasteiger partial charge in [0.05, 0.1) is 10.6 Å². The van der Waals surface area contributed by atoms with E-state index in [2.05, 4.69) is 19.2 Å². The van der Waals surface area contributed by atoms with Crippen LogP contribution in [-0.4, -0.2) is 26.8 Å². The van der Waals surface area contributed by atoms with Gasteiger partial charge in [0.1, 0.15) is 0 Å². The van der Waals surface area contributed by atoms with E-state index >= 15 is 0 Å². The van der Waals surface area contributed by atoms with Gasteiger partial charge >= 0.3 is 0 Å². The highest BCUT2D eigenvalue weighted by Gasteiger charge is 2.19. The second kappa shape index (κ2) is 8.42. The van der Waals surface area contributed by atoms with Crippen molar-refractivity contribution in [2.75, 3.05) is 12.3 Å². The molecule has 0 saturated carbocycles. The molecule has 0 fully saturated rings. The van der Waals surface area contributed by atoms with E-state index in [0.29, 0.717) is 17.4 Å². The lowest BCUT2D eigenvalue weighted by Gasteiger charge is -2.19. The predicted molar refractivity (Wildman–Crippen MR) is 84.9 cm³/mol. The number of hydrogen-bond donors (Lipinski definition) is 1. The molecule has 1 aromatic rings. The molecule has 1 aromatic carbocycles. The van der Waals surface area contributed by atoms with Gasteiger partial charge in [-0.05, 0) is 37.4 Å². The molecule has 0 amide bonds. The molecular formula is C16H27NO2S. The fraction of sp³-hybridized carbons (Fsp3) is 0.625. The molecule has 3 nitrogen and oxygen atoms in total. The van der Waals surface area contributed by atoms with Crippen LogP contribution >= 0.6 is 0 Å². The van der Waals surface area contributed by atoms with Gasteiger partial charge in [-0.1, -0.05) is 45.4 Å². The van der Waals surface area contributed by atoms with Crippen LogP contribution in [0.4, 0.5) is 0 Å². The van der Waals surface area contributed by atoms with Gasteiger partial charge in [0.25, 0.3) is 0 Å². The van der Waals surface area contributed by atoms with Crippen LogP contribution in [0.25, 0.3) is 0 Å². The second-order valence-corrected chi connectivity index (χ2v) is 7.25. The summed E-state index contributed by atoms with van der Waals surface area (Å²) in [5.41, 5.74) is 0.945. The molecule has 0 aromatic heterocycles. The van der Waals surface area contributed by atoms with Crippen molar-refractivity contribution in [1.82, 2.24) is 5.32 Å². The minimum absolute atomic E-state index is 0.226. The van der Waals surface area contributed by atoms with Crippen LogP contribution in [0.15, 0.2) is 29.2 Å². The van der Waals surface area contributed by atoms with Crippen molar-refractivity contribution in [3.05, 3.63) is 29.8 Å². The Kier molecular flexibility index (Phi) is 7.24. The largest absolute Gasteiger partial charge is 0.314 e. The van der Waals surface area contributed by atoms with E-state index in [9.17, 15) is 8.42 Å². The molecule has 0 aliphatic rings. The molecule has 1 atom stereocenters. The smallest absolute Gasteiger partial charge is 0.178 e. The summed E-state index contributed by atoms with van der Waals surface area (Å²) < 4.78 is 24.7. The first-order chi connectivity index (χ1) is 9.55. The van der Waals surface area contributed by atoms with Gasteiger partial charge in [-0.2, -0.15) is 0 Å². The van der Waals surface area contributed by atoms with Crippen LogP contribution in [0.2, 0.25) is 0 Å². The predicted octanol–water partition coefficient (Wildman–Crippen LogP) is 3.19. The summed E-state index contributed by atoms with van der Waals surface area (Å²) in [6.45, 7) is 7.06. The van der Waals surface area contributed by atoms with Gasteiger partial charge in [-0.3, -0.25) is 0 Å². The zero-order valence-corrected chi connectivity index (χ0v) is 13.7. The van der Waals surface area contributed by atoms with E-state index in [1.807, 2.05) is 25.1 Å².